The van der Waals surface area contributed by atoms with Crippen LogP contribution in [0.1, 0.15) is 24.5 Å². The van der Waals surface area contributed by atoms with Gasteiger partial charge in [-0.05, 0) is 31.0 Å². The molecule has 2 aromatic rings. The molecule has 0 fully saturated rings. The van der Waals surface area contributed by atoms with Crippen LogP contribution in [0.3, 0.4) is 0 Å². The zero-order chi connectivity index (χ0) is 19.4. The van der Waals surface area contributed by atoms with Crippen molar-refractivity contribution in [3.8, 4) is 11.5 Å². The van der Waals surface area contributed by atoms with Crippen LogP contribution in [-0.2, 0) is 16.0 Å². The van der Waals surface area contributed by atoms with E-state index in [2.05, 4.69) is 5.32 Å². The minimum Gasteiger partial charge on any atom is -0.493 e. The summed E-state index contributed by atoms with van der Waals surface area (Å²) in [6.07, 6.45) is -0.0361. The fourth-order valence-electron chi connectivity index (χ4n) is 2.71. The number of amides is 1. The summed E-state index contributed by atoms with van der Waals surface area (Å²) in [5, 5.41) is 12.0. The van der Waals surface area contributed by atoms with Gasteiger partial charge in [-0.1, -0.05) is 6.92 Å². The SMILES string of the molecule is CC[C@H](NC(=O)Cc1c(C)c2ccc(OC)c(OC)c2oc1=O)C(=O)O. The molecule has 26 heavy (non-hydrogen) atoms. The topological polar surface area (TPSA) is 115 Å². The number of carbonyl (C=O) groups excluding carboxylic acids is 1. The van der Waals surface area contributed by atoms with Crippen LogP contribution in [0.25, 0.3) is 11.0 Å². The van der Waals surface area contributed by atoms with E-state index < -0.39 is 23.5 Å². The average Bonchev–Trinajstić information content (AvgIpc) is 2.61. The molecule has 0 unspecified atom stereocenters. The van der Waals surface area contributed by atoms with Crippen LogP contribution in [0.4, 0.5) is 0 Å². The number of benzene rings is 1. The van der Waals surface area contributed by atoms with Gasteiger partial charge in [0.1, 0.15) is 6.04 Å². The summed E-state index contributed by atoms with van der Waals surface area (Å²) in [5.41, 5.74) is 0.286. The molecule has 0 saturated heterocycles. The molecular formula is C18H21NO7. The molecule has 8 nitrogen and oxygen atoms in total. The van der Waals surface area contributed by atoms with Crippen molar-refractivity contribution in [2.75, 3.05) is 14.2 Å². The second-order valence-corrected chi connectivity index (χ2v) is 5.71. The van der Waals surface area contributed by atoms with Crippen molar-refractivity contribution in [2.24, 2.45) is 0 Å². The van der Waals surface area contributed by atoms with Gasteiger partial charge in [-0.3, -0.25) is 4.79 Å². The van der Waals surface area contributed by atoms with E-state index >= 15 is 0 Å². The number of carboxylic acid groups (broad SMARTS) is 1. The Bertz CT molecular complexity index is 901. The van der Waals surface area contributed by atoms with E-state index in [1.807, 2.05) is 0 Å². The van der Waals surface area contributed by atoms with Gasteiger partial charge >= 0.3 is 11.6 Å². The smallest absolute Gasteiger partial charge is 0.340 e. The molecule has 1 aromatic heterocycles. The fourth-order valence-corrected chi connectivity index (χ4v) is 2.71. The number of rotatable bonds is 7. The molecule has 140 valence electrons. The van der Waals surface area contributed by atoms with Gasteiger partial charge in [0, 0.05) is 5.39 Å². The van der Waals surface area contributed by atoms with Crippen LogP contribution in [0, 0.1) is 6.92 Å². The second kappa shape index (κ2) is 7.90. The summed E-state index contributed by atoms with van der Waals surface area (Å²) in [4.78, 5) is 35.6. The van der Waals surface area contributed by atoms with E-state index in [1.54, 1.807) is 26.0 Å². The Morgan fingerprint density at radius 2 is 1.96 bits per heavy atom. The first kappa shape index (κ1) is 19.3. The third kappa shape index (κ3) is 3.63. The highest BCUT2D eigenvalue weighted by Crippen LogP contribution is 2.36. The summed E-state index contributed by atoms with van der Waals surface area (Å²) in [7, 11) is 2.91. The molecule has 1 aromatic carbocycles. The Morgan fingerprint density at radius 3 is 2.50 bits per heavy atom. The monoisotopic (exact) mass is 363 g/mol. The second-order valence-electron chi connectivity index (χ2n) is 5.71. The molecule has 1 amide bonds. The molecule has 2 N–H and O–H groups in total. The summed E-state index contributed by atoms with van der Waals surface area (Å²) in [5.74, 6) is -0.979. The van der Waals surface area contributed by atoms with Crippen molar-refractivity contribution in [3.63, 3.8) is 0 Å². The molecule has 0 aliphatic rings. The first-order chi connectivity index (χ1) is 12.3. The summed E-state index contributed by atoms with van der Waals surface area (Å²) < 4.78 is 15.8. The number of fused-ring (bicyclic) bond motifs is 1. The lowest BCUT2D eigenvalue weighted by molar-refractivity contribution is -0.141. The van der Waals surface area contributed by atoms with Crippen LogP contribution >= 0.6 is 0 Å². The molecule has 0 aliphatic carbocycles. The molecule has 0 bridgehead atoms. The van der Waals surface area contributed by atoms with Gasteiger partial charge in [-0.2, -0.15) is 0 Å². The van der Waals surface area contributed by atoms with E-state index in [9.17, 15) is 14.4 Å². The van der Waals surface area contributed by atoms with Gasteiger partial charge in [0.05, 0.1) is 26.2 Å². The normalized spacial score (nSPS) is 11.8. The van der Waals surface area contributed by atoms with Crippen molar-refractivity contribution in [3.05, 3.63) is 33.7 Å². The molecule has 0 spiro atoms. The number of carboxylic acids is 1. The van der Waals surface area contributed by atoms with Crippen molar-refractivity contribution in [1.82, 2.24) is 5.32 Å². The standard InChI is InChI=1S/C18H21NO7/c1-5-12(17(21)22)19-14(20)8-11-9(2)10-6-7-13(24-3)16(25-4)15(10)26-18(11)23/h6-7,12H,5,8H2,1-4H3,(H,19,20)(H,21,22)/t12-/m0/s1. The lowest BCUT2D eigenvalue weighted by atomic mass is 10.0. The molecule has 0 saturated carbocycles. The number of carbonyl (C=O) groups is 2. The predicted molar refractivity (Wildman–Crippen MR) is 93.9 cm³/mol. The quantitative estimate of drug-likeness (QED) is 0.719. The average molecular weight is 363 g/mol. The van der Waals surface area contributed by atoms with E-state index in [0.29, 0.717) is 16.7 Å². The summed E-state index contributed by atoms with van der Waals surface area (Å²) in [6, 6.07) is 2.39. The number of hydrogen-bond acceptors (Lipinski definition) is 6. The zero-order valence-electron chi connectivity index (χ0n) is 15.0. The maximum atomic E-state index is 12.4. The number of ether oxygens (including phenoxy) is 2. The largest absolute Gasteiger partial charge is 0.493 e. The number of aliphatic carboxylic acids is 1. The third-order valence-corrected chi connectivity index (χ3v) is 4.18. The lowest BCUT2D eigenvalue weighted by Crippen LogP contribution is -2.41. The van der Waals surface area contributed by atoms with E-state index in [4.69, 9.17) is 19.0 Å². The van der Waals surface area contributed by atoms with Gasteiger partial charge < -0.3 is 24.3 Å². The number of nitrogens with one attached hydrogen (secondary N) is 1. The molecule has 2 rings (SSSR count). The maximum absolute atomic E-state index is 12.4. The highest BCUT2D eigenvalue weighted by Gasteiger charge is 2.22. The van der Waals surface area contributed by atoms with Gasteiger partial charge in [0.15, 0.2) is 11.3 Å². The third-order valence-electron chi connectivity index (χ3n) is 4.18. The zero-order valence-corrected chi connectivity index (χ0v) is 15.0. The molecule has 0 radical (unpaired) electrons. The van der Waals surface area contributed by atoms with Crippen LogP contribution in [-0.4, -0.2) is 37.2 Å². The Balaban J connectivity index is 2.45. The number of aryl methyl sites for hydroxylation is 1. The summed E-state index contributed by atoms with van der Waals surface area (Å²) in [6.45, 7) is 3.34. The van der Waals surface area contributed by atoms with E-state index in [0.717, 1.165) is 0 Å². The molecule has 1 heterocycles. The fraction of sp³-hybridized carbons (Fsp3) is 0.389. The van der Waals surface area contributed by atoms with Crippen molar-refractivity contribution < 1.29 is 28.6 Å². The van der Waals surface area contributed by atoms with Crippen LogP contribution < -0.4 is 20.4 Å². The Kier molecular flexibility index (Phi) is 5.86. The Morgan fingerprint density at radius 1 is 1.27 bits per heavy atom. The van der Waals surface area contributed by atoms with E-state index in [1.165, 1.54) is 14.2 Å². The van der Waals surface area contributed by atoms with Crippen LogP contribution in [0.5, 0.6) is 11.5 Å². The van der Waals surface area contributed by atoms with Crippen molar-refractivity contribution in [2.45, 2.75) is 32.7 Å². The van der Waals surface area contributed by atoms with Crippen LogP contribution in [0.2, 0.25) is 0 Å². The minimum absolute atomic E-state index is 0.169. The van der Waals surface area contributed by atoms with Gasteiger partial charge in [0.25, 0.3) is 0 Å². The lowest BCUT2D eigenvalue weighted by Gasteiger charge is -2.14. The number of methoxy groups -OCH3 is 2. The molecular weight excluding hydrogens is 342 g/mol. The van der Waals surface area contributed by atoms with Gasteiger partial charge in [-0.25, -0.2) is 9.59 Å². The molecule has 1 atom stereocenters. The van der Waals surface area contributed by atoms with Crippen molar-refractivity contribution >= 4 is 22.8 Å². The van der Waals surface area contributed by atoms with Gasteiger partial charge in [-0.15, -0.1) is 0 Å². The Labute approximate surface area is 149 Å². The van der Waals surface area contributed by atoms with E-state index in [-0.39, 0.29) is 29.7 Å². The maximum Gasteiger partial charge on any atom is 0.340 e. The number of hydrogen-bond donors (Lipinski definition) is 2. The molecule has 8 heteroatoms. The Hall–Kier alpha value is -3.03. The molecule has 0 aliphatic heterocycles. The summed E-state index contributed by atoms with van der Waals surface area (Å²) >= 11 is 0. The predicted octanol–water partition coefficient (Wildman–Crippen LogP) is 1.64. The minimum atomic E-state index is -1.13. The van der Waals surface area contributed by atoms with Gasteiger partial charge in [0.2, 0.25) is 11.7 Å². The highest BCUT2D eigenvalue weighted by atomic mass is 16.5. The first-order valence-electron chi connectivity index (χ1n) is 8.03. The van der Waals surface area contributed by atoms with Crippen molar-refractivity contribution in [1.29, 1.82) is 0 Å². The first-order valence-corrected chi connectivity index (χ1v) is 8.03. The van der Waals surface area contributed by atoms with Crippen LogP contribution in [0.15, 0.2) is 21.3 Å². The highest BCUT2D eigenvalue weighted by molar-refractivity contribution is 5.90.